The molecule has 0 spiro atoms. The van der Waals surface area contributed by atoms with Crippen LogP contribution in [0, 0.1) is 5.82 Å². The Labute approximate surface area is 168 Å². The van der Waals surface area contributed by atoms with Crippen molar-refractivity contribution in [3.63, 3.8) is 0 Å². The van der Waals surface area contributed by atoms with Crippen LogP contribution in [0.25, 0.3) is 16.0 Å². The molecule has 1 aromatic carbocycles. The van der Waals surface area contributed by atoms with E-state index < -0.39 is 0 Å². The van der Waals surface area contributed by atoms with E-state index in [1.807, 2.05) is 21.9 Å². The van der Waals surface area contributed by atoms with E-state index in [4.69, 9.17) is 4.74 Å². The van der Waals surface area contributed by atoms with Crippen LogP contribution in [0.1, 0.15) is 18.4 Å². The predicted molar refractivity (Wildman–Crippen MR) is 108 cm³/mol. The highest BCUT2D eigenvalue weighted by molar-refractivity contribution is 7.98. The number of hydrogen-bond acceptors (Lipinski definition) is 6. The molecule has 144 valence electrons. The van der Waals surface area contributed by atoms with Crippen molar-refractivity contribution < 1.29 is 9.13 Å². The molecular weight excluding hydrogens is 399 g/mol. The summed E-state index contributed by atoms with van der Waals surface area (Å²) < 4.78 is 23.5. The first-order chi connectivity index (χ1) is 13.7. The van der Waals surface area contributed by atoms with Crippen LogP contribution in [0.5, 0.6) is 0 Å². The number of fused-ring (bicyclic) bond motifs is 3. The zero-order valence-electron chi connectivity index (χ0n) is 14.9. The first kappa shape index (κ1) is 17.8. The Morgan fingerprint density at radius 3 is 3.07 bits per heavy atom. The van der Waals surface area contributed by atoms with Gasteiger partial charge < -0.3 is 4.74 Å². The molecule has 1 saturated heterocycles. The topological polar surface area (TPSA) is 61.4 Å². The van der Waals surface area contributed by atoms with Crippen LogP contribution < -0.4 is 5.56 Å². The van der Waals surface area contributed by atoms with Crippen molar-refractivity contribution in [2.24, 2.45) is 0 Å². The number of hydrogen-bond donors (Lipinski definition) is 0. The van der Waals surface area contributed by atoms with E-state index in [-0.39, 0.29) is 17.5 Å². The molecule has 28 heavy (non-hydrogen) atoms. The summed E-state index contributed by atoms with van der Waals surface area (Å²) in [6.45, 7) is 1.21. The Bertz CT molecular complexity index is 1210. The Morgan fingerprint density at radius 1 is 1.32 bits per heavy atom. The van der Waals surface area contributed by atoms with Crippen molar-refractivity contribution in [3.05, 3.63) is 57.4 Å². The van der Waals surface area contributed by atoms with Gasteiger partial charge in [-0.25, -0.2) is 4.39 Å². The summed E-state index contributed by atoms with van der Waals surface area (Å²) in [6, 6.07) is 8.44. The van der Waals surface area contributed by atoms with E-state index in [1.54, 1.807) is 10.6 Å². The molecule has 3 aromatic heterocycles. The number of thioether (sulfide) groups is 1. The van der Waals surface area contributed by atoms with Gasteiger partial charge in [0.05, 0.1) is 18.2 Å². The second kappa shape index (κ2) is 7.31. The standard InChI is InChI=1S/C19H17FN4O2S2/c20-13-4-1-3-12(9-13)11-28-19-22-21-18-23(10-14-5-2-7-26-14)17(25)16-15(24(18)19)6-8-27-16/h1,3-4,6,8-9,14H,2,5,7,10-11H2/t14-/m0/s1. The molecule has 1 aliphatic heterocycles. The highest BCUT2D eigenvalue weighted by Gasteiger charge is 2.22. The molecule has 1 atom stereocenters. The molecule has 0 saturated carbocycles. The van der Waals surface area contributed by atoms with Crippen LogP contribution in [0.3, 0.4) is 0 Å². The second-order valence-corrected chi connectivity index (χ2v) is 8.58. The lowest BCUT2D eigenvalue weighted by molar-refractivity contribution is 0.0969. The Balaban J connectivity index is 1.57. The maximum absolute atomic E-state index is 13.5. The highest BCUT2D eigenvalue weighted by atomic mass is 32.2. The van der Waals surface area contributed by atoms with Crippen molar-refractivity contribution in [3.8, 4) is 0 Å². The van der Waals surface area contributed by atoms with Crippen molar-refractivity contribution in [1.29, 1.82) is 0 Å². The van der Waals surface area contributed by atoms with Gasteiger partial charge in [0.25, 0.3) is 5.56 Å². The lowest BCUT2D eigenvalue weighted by Gasteiger charge is -2.13. The SMILES string of the molecule is O=c1c2sccc2n2c(SCc3cccc(F)c3)nnc2n1C[C@@H]1CCCO1. The summed E-state index contributed by atoms with van der Waals surface area (Å²) >= 11 is 2.89. The zero-order valence-corrected chi connectivity index (χ0v) is 16.5. The summed E-state index contributed by atoms with van der Waals surface area (Å²) in [7, 11) is 0. The van der Waals surface area contributed by atoms with Crippen LogP contribution in [0.4, 0.5) is 4.39 Å². The van der Waals surface area contributed by atoms with E-state index in [9.17, 15) is 9.18 Å². The summed E-state index contributed by atoms with van der Waals surface area (Å²) in [5.41, 5.74) is 1.62. The number of rotatable bonds is 5. The van der Waals surface area contributed by atoms with Crippen LogP contribution in [0.15, 0.2) is 45.7 Å². The number of benzene rings is 1. The average molecular weight is 417 g/mol. The summed E-state index contributed by atoms with van der Waals surface area (Å²) in [5, 5.41) is 11.2. The molecule has 0 unspecified atom stereocenters. The number of nitrogens with zero attached hydrogens (tertiary/aromatic N) is 4. The minimum Gasteiger partial charge on any atom is -0.376 e. The summed E-state index contributed by atoms with van der Waals surface area (Å²) in [5.74, 6) is 0.831. The molecule has 0 amide bonds. The van der Waals surface area contributed by atoms with Gasteiger partial charge in [-0.2, -0.15) is 0 Å². The van der Waals surface area contributed by atoms with Crippen molar-refractivity contribution in [1.82, 2.24) is 19.2 Å². The molecule has 4 heterocycles. The van der Waals surface area contributed by atoms with Crippen LogP contribution in [-0.2, 0) is 17.0 Å². The third-order valence-electron chi connectivity index (χ3n) is 4.85. The number of ether oxygens (including phenoxy) is 1. The van der Waals surface area contributed by atoms with Crippen molar-refractivity contribution in [2.75, 3.05) is 6.61 Å². The molecule has 0 N–H and O–H groups in total. The normalized spacial score (nSPS) is 17.1. The Kier molecular flexibility index (Phi) is 4.65. The Hall–Kier alpha value is -2.23. The van der Waals surface area contributed by atoms with Gasteiger partial charge >= 0.3 is 0 Å². The average Bonchev–Trinajstić information content (AvgIpc) is 3.43. The van der Waals surface area contributed by atoms with E-state index >= 15 is 0 Å². The van der Waals surface area contributed by atoms with Gasteiger partial charge in [0.2, 0.25) is 5.78 Å². The molecule has 0 aliphatic carbocycles. The van der Waals surface area contributed by atoms with Gasteiger partial charge in [0.1, 0.15) is 10.5 Å². The van der Waals surface area contributed by atoms with Crippen molar-refractivity contribution in [2.45, 2.75) is 36.4 Å². The minimum atomic E-state index is -0.255. The maximum atomic E-state index is 13.5. The van der Waals surface area contributed by atoms with Crippen LogP contribution in [0.2, 0.25) is 0 Å². The molecule has 0 bridgehead atoms. The zero-order chi connectivity index (χ0) is 19.1. The monoisotopic (exact) mass is 416 g/mol. The third kappa shape index (κ3) is 3.13. The van der Waals surface area contributed by atoms with Gasteiger partial charge in [-0.1, -0.05) is 23.9 Å². The van der Waals surface area contributed by atoms with E-state index in [0.717, 1.165) is 30.5 Å². The van der Waals surface area contributed by atoms with Gasteiger partial charge in [-0.3, -0.25) is 13.8 Å². The fourth-order valence-corrected chi connectivity index (χ4v) is 5.23. The Morgan fingerprint density at radius 2 is 2.25 bits per heavy atom. The number of halogens is 1. The fraction of sp³-hybridized carbons (Fsp3) is 0.316. The maximum Gasteiger partial charge on any atom is 0.272 e. The first-order valence-corrected chi connectivity index (χ1v) is 10.9. The second-order valence-electron chi connectivity index (χ2n) is 6.72. The molecule has 1 aliphatic rings. The van der Waals surface area contributed by atoms with E-state index in [2.05, 4.69) is 10.2 Å². The molecule has 9 heteroatoms. The highest BCUT2D eigenvalue weighted by Crippen LogP contribution is 2.27. The molecule has 0 radical (unpaired) electrons. The molecule has 5 rings (SSSR count). The predicted octanol–water partition coefficient (Wildman–Crippen LogP) is 3.72. The van der Waals surface area contributed by atoms with Crippen molar-refractivity contribution >= 4 is 39.1 Å². The quantitative estimate of drug-likeness (QED) is 0.464. The lowest BCUT2D eigenvalue weighted by Crippen LogP contribution is -2.28. The smallest absolute Gasteiger partial charge is 0.272 e. The van der Waals surface area contributed by atoms with Gasteiger partial charge in [0.15, 0.2) is 5.16 Å². The lowest BCUT2D eigenvalue weighted by atomic mass is 10.2. The fourth-order valence-electron chi connectivity index (χ4n) is 3.52. The van der Waals surface area contributed by atoms with Crippen LogP contribution in [-0.4, -0.2) is 31.9 Å². The first-order valence-electron chi connectivity index (χ1n) is 9.05. The molecule has 6 nitrogen and oxygen atoms in total. The van der Waals surface area contributed by atoms with Gasteiger partial charge in [-0.05, 0) is 42.0 Å². The number of aromatic nitrogens is 4. The molecule has 1 fully saturated rings. The number of thiophene rings is 1. The van der Waals surface area contributed by atoms with Gasteiger partial charge in [-0.15, -0.1) is 21.5 Å². The van der Waals surface area contributed by atoms with Crippen LogP contribution >= 0.6 is 23.1 Å². The molecular formula is C19H17FN4O2S2. The minimum absolute atomic E-state index is 0.0269. The third-order valence-corrected chi connectivity index (χ3v) is 6.74. The molecule has 4 aromatic rings. The van der Waals surface area contributed by atoms with E-state index in [0.29, 0.717) is 27.9 Å². The summed E-state index contributed by atoms with van der Waals surface area (Å²) in [4.78, 5) is 13.0. The van der Waals surface area contributed by atoms with Gasteiger partial charge in [0, 0.05) is 12.4 Å². The van der Waals surface area contributed by atoms with E-state index in [1.165, 1.54) is 35.2 Å². The summed E-state index contributed by atoms with van der Waals surface area (Å²) in [6.07, 6.45) is 1.98. The largest absolute Gasteiger partial charge is 0.376 e.